The van der Waals surface area contributed by atoms with E-state index in [2.05, 4.69) is 0 Å². The minimum absolute atomic E-state index is 0.0403. The molecule has 0 aliphatic heterocycles. The summed E-state index contributed by atoms with van der Waals surface area (Å²) in [7, 11) is 0. The van der Waals surface area contributed by atoms with Crippen LogP contribution in [0.3, 0.4) is 0 Å². The van der Waals surface area contributed by atoms with E-state index in [1.807, 2.05) is 0 Å². The van der Waals surface area contributed by atoms with Crippen LogP contribution in [0.1, 0.15) is 10.4 Å². The van der Waals surface area contributed by atoms with E-state index in [1.165, 1.54) is 12.1 Å². The highest BCUT2D eigenvalue weighted by Crippen LogP contribution is 2.26. The number of halogens is 2. The van der Waals surface area contributed by atoms with Gasteiger partial charge in [-0.25, -0.2) is 13.6 Å². The number of hydrogen-bond acceptors (Lipinski definition) is 2. The molecule has 18 heavy (non-hydrogen) atoms. The van der Waals surface area contributed by atoms with Crippen LogP contribution >= 0.6 is 0 Å². The van der Waals surface area contributed by atoms with E-state index in [1.54, 1.807) is 24.3 Å². The molecule has 0 fully saturated rings. The van der Waals surface area contributed by atoms with Gasteiger partial charge in [0, 0.05) is 0 Å². The van der Waals surface area contributed by atoms with E-state index in [9.17, 15) is 13.6 Å². The summed E-state index contributed by atoms with van der Waals surface area (Å²) in [4.78, 5) is 11.0. The number of ether oxygens (including phenoxy) is 1. The molecule has 0 radical (unpaired) electrons. The van der Waals surface area contributed by atoms with Gasteiger partial charge in [-0.2, -0.15) is 0 Å². The number of hydrogen-bond donors (Lipinski definition) is 1. The van der Waals surface area contributed by atoms with Crippen LogP contribution in [0.5, 0.6) is 5.75 Å². The standard InChI is InChI=1S/C13H10F2O3/c14-12(15)7-18-11-6-9-4-2-1-3-8(9)5-10(11)13(16)17/h1-6,12H,7H2,(H,16,17). The summed E-state index contributed by atoms with van der Waals surface area (Å²) in [6.07, 6.45) is -2.64. The maximum Gasteiger partial charge on any atom is 0.339 e. The van der Waals surface area contributed by atoms with Crippen LogP contribution in [0.15, 0.2) is 36.4 Å². The minimum atomic E-state index is -2.64. The molecule has 0 aromatic heterocycles. The molecule has 0 amide bonds. The summed E-state index contributed by atoms with van der Waals surface area (Å²) < 4.78 is 29.0. The van der Waals surface area contributed by atoms with Crippen LogP contribution in [0.2, 0.25) is 0 Å². The molecule has 2 rings (SSSR count). The lowest BCUT2D eigenvalue weighted by atomic mass is 10.1. The number of benzene rings is 2. The van der Waals surface area contributed by atoms with Crippen molar-refractivity contribution in [2.45, 2.75) is 6.43 Å². The van der Waals surface area contributed by atoms with Gasteiger partial charge >= 0.3 is 5.97 Å². The zero-order valence-electron chi connectivity index (χ0n) is 9.27. The zero-order chi connectivity index (χ0) is 13.1. The third-order valence-corrected chi connectivity index (χ3v) is 2.44. The number of aromatic carboxylic acids is 1. The summed E-state index contributed by atoms with van der Waals surface area (Å²) >= 11 is 0. The first-order valence-corrected chi connectivity index (χ1v) is 5.25. The summed E-state index contributed by atoms with van der Waals surface area (Å²) in [5.74, 6) is -1.24. The van der Waals surface area contributed by atoms with E-state index in [4.69, 9.17) is 9.84 Å². The first kappa shape index (κ1) is 12.3. The lowest BCUT2D eigenvalue weighted by Gasteiger charge is -2.10. The number of carboxylic acids is 1. The number of fused-ring (bicyclic) bond motifs is 1. The minimum Gasteiger partial charge on any atom is -0.487 e. The Labute approximate surface area is 102 Å². The first-order valence-electron chi connectivity index (χ1n) is 5.25. The Hall–Kier alpha value is -2.17. The highest BCUT2D eigenvalue weighted by atomic mass is 19.3. The second-order valence-electron chi connectivity index (χ2n) is 3.70. The van der Waals surface area contributed by atoms with Crippen molar-refractivity contribution in [1.29, 1.82) is 0 Å². The van der Waals surface area contributed by atoms with Crippen molar-refractivity contribution in [2.24, 2.45) is 0 Å². The van der Waals surface area contributed by atoms with Gasteiger partial charge in [-0.3, -0.25) is 0 Å². The molecule has 0 spiro atoms. The molecule has 0 bridgehead atoms. The SMILES string of the molecule is O=C(O)c1cc2ccccc2cc1OCC(F)F. The van der Waals surface area contributed by atoms with Crippen molar-refractivity contribution in [1.82, 2.24) is 0 Å². The summed E-state index contributed by atoms with van der Waals surface area (Å²) in [6.45, 7) is -0.821. The van der Waals surface area contributed by atoms with Crippen molar-refractivity contribution in [3.63, 3.8) is 0 Å². The topological polar surface area (TPSA) is 46.5 Å². The molecule has 0 saturated carbocycles. The van der Waals surface area contributed by atoms with Crippen molar-refractivity contribution in [3.05, 3.63) is 42.0 Å². The highest BCUT2D eigenvalue weighted by Gasteiger charge is 2.14. The predicted octanol–water partition coefficient (Wildman–Crippen LogP) is 3.18. The Morgan fingerprint density at radius 3 is 2.39 bits per heavy atom. The fourth-order valence-electron chi connectivity index (χ4n) is 1.66. The Morgan fingerprint density at radius 1 is 1.22 bits per heavy atom. The van der Waals surface area contributed by atoms with E-state index < -0.39 is 19.0 Å². The molecule has 0 unspecified atom stereocenters. The van der Waals surface area contributed by atoms with Gasteiger partial charge in [0.25, 0.3) is 6.43 Å². The number of carbonyl (C=O) groups is 1. The maximum atomic E-state index is 12.1. The van der Waals surface area contributed by atoms with Crippen LogP contribution in [0, 0.1) is 0 Å². The van der Waals surface area contributed by atoms with Gasteiger partial charge in [-0.1, -0.05) is 24.3 Å². The molecular weight excluding hydrogens is 242 g/mol. The van der Waals surface area contributed by atoms with Gasteiger partial charge in [-0.15, -0.1) is 0 Å². The zero-order valence-corrected chi connectivity index (χ0v) is 9.27. The van der Waals surface area contributed by atoms with Gasteiger partial charge in [0.15, 0.2) is 0 Å². The average molecular weight is 252 g/mol. The molecule has 94 valence electrons. The normalized spacial score (nSPS) is 10.8. The Morgan fingerprint density at radius 2 is 1.83 bits per heavy atom. The molecule has 0 aliphatic carbocycles. The summed E-state index contributed by atoms with van der Waals surface area (Å²) in [5.41, 5.74) is -0.116. The predicted molar refractivity (Wildman–Crippen MR) is 62.4 cm³/mol. The Balaban J connectivity index is 2.47. The van der Waals surface area contributed by atoms with Gasteiger partial charge in [0.1, 0.15) is 17.9 Å². The molecule has 0 heterocycles. The van der Waals surface area contributed by atoms with Crippen LogP contribution in [0.25, 0.3) is 10.8 Å². The second kappa shape index (κ2) is 5.00. The van der Waals surface area contributed by atoms with Crippen molar-refractivity contribution in [3.8, 4) is 5.75 Å². The van der Waals surface area contributed by atoms with Crippen LogP contribution in [-0.4, -0.2) is 24.1 Å². The fourth-order valence-corrected chi connectivity index (χ4v) is 1.66. The largest absolute Gasteiger partial charge is 0.487 e. The van der Waals surface area contributed by atoms with E-state index in [0.29, 0.717) is 0 Å². The van der Waals surface area contributed by atoms with Crippen LogP contribution < -0.4 is 4.74 Å². The lowest BCUT2D eigenvalue weighted by molar-refractivity contribution is 0.0664. The van der Waals surface area contributed by atoms with E-state index in [0.717, 1.165) is 10.8 Å². The van der Waals surface area contributed by atoms with Gasteiger partial charge in [-0.05, 0) is 22.9 Å². The first-order chi connectivity index (χ1) is 8.58. The molecule has 2 aromatic carbocycles. The highest BCUT2D eigenvalue weighted by molar-refractivity contribution is 5.97. The molecule has 2 aromatic rings. The number of alkyl halides is 2. The average Bonchev–Trinajstić information content (AvgIpc) is 2.35. The quantitative estimate of drug-likeness (QED) is 0.909. The van der Waals surface area contributed by atoms with Gasteiger partial charge in [0.2, 0.25) is 0 Å². The van der Waals surface area contributed by atoms with E-state index in [-0.39, 0.29) is 11.3 Å². The smallest absolute Gasteiger partial charge is 0.339 e. The Kier molecular flexibility index (Phi) is 3.41. The lowest BCUT2D eigenvalue weighted by Crippen LogP contribution is -2.10. The van der Waals surface area contributed by atoms with E-state index >= 15 is 0 Å². The molecule has 1 N–H and O–H groups in total. The molecule has 0 saturated heterocycles. The third kappa shape index (κ3) is 2.56. The second-order valence-corrected chi connectivity index (χ2v) is 3.70. The van der Waals surface area contributed by atoms with Crippen molar-refractivity contribution >= 4 is 16.7 Å². The molecule has 0 aliphatic rings. The van der Waals surface area contributed by atoms with Crippen molar-refractivity contribution in [2.75, 3.05) is 6.61 Å². The Bertz CT molecular complexity index is 581. The molecule has 0 atom stereocenters. The maximum absolute atomic E-state index is 12.1. The third-order valence-electron chi connectivity index (χ3n) is 2.44. The summed E-state index contributed by atoms with van der Waals surface area (Å²) in [5, 5.41) is 10.5. The number of carboxylic acid groups (broad SMARTS) is 1. The van der Waals surface area contributed by atoms with Gasteiger partial charge < -0.3 is 9.84 Å². The molecule has 3 nitrogen and oxygen atoms in total. The van der Waals surface area contributed by atoms with Crippen molar-refractivity contribution < 1.29 is 23.4 Å². The molecular formula is C13H10F2O3. The van der Waals surface area contributed by atoms with Gasteiger partial charge in [0.05, 0.1) is 0 Å². The fraction of sp³-hybridized carbons (Fsp3) is 0.154. The monoisotopic (exact) mass is 252 g/mol. The van der Waals surface area contributed by atoms with Crippen LogP contribution in [0.4, 0.5) is 8.78 Å². The van der Waals surface area contributed by atoms with Crippen LogP contribution in [-0.2, 0) is 0 Å². The molecule has 5 heteroatoms. The number of rotatable bonds is 4. The summed E-state index contributed by atoms with van der Waals surface area (Å²) in [6, 6.07) is 9.93.